The lowest BCUT2D eigenvalue weighted by molar-refractivity contribution is -0.151. The Balaban J connectivity index is 1.75. The van der Waals surface area contributed by atoms with Crippen molar-refractivity contribution < 1.29 is 23.4 Å². The zero-order valence-electron chi connectivity index (χ0n) is 20.0. The molecule has 11 nitrogen and oxygen atoms in total. The predicted molar refractivity (Wildman–Crippen MR) is 128 cm³/mol. The molecule has 3 atom stereocenters. The number of benzene rings is 1. The van der Waals surface area contributed by atoms with E-state index in [2.05, 4.69) is 15.0 Å². The van der Waals surface area contributed by atoms with Crippen LogP contribution in [0.25, 0.3) is 11.2 Å². The SMILES string of the molecule is CC(C)OC(=O)[C@H](C)N(C)[P@](=O)(CO[C@H](C)Cn1cnc2c(N)ncnc21)Oc1ccccc1. The highest BCUT2D eigenvalue weighted by Gasteiger charge is 2.38. The number of hydrogen-bond acceptors (Lipinski definition) is 9. The number of hydrogen-bond donors (Lipinski definition) is 1. The van der Waals surface area contributed by atoms with Gasteiger partial charge in [-0.25, -0.2) is 19.6 Å². The molecule has 0 aliphatic carbocycles. The number of fused-ring (bicyclic) bond motifs is 1. The minimum Gasteiger partial charge on any atom is -0.462 e. The summed E-state index contributed by atoms with van der Waals surface area (Å²) >= 11 is 0. The molecule has 0 fully saturated rings. The number of nitrogens with zero attached hydrogens (tertiary/aromatic N) is 5. The normalized spacial score (nSPS) is 15.3. The van der Waals surface area contributed by atoms with Gasteiger partial charge in [0.2, 0.25) is 0 Å². The number of esters is 1. The van der Waals surface area contributed by atoms with Gasteiger partial charge in [0, 0.05) is 0 Å². The van der Waals surface area contributed by atoms with Crippen molar-refractivity contribution in [2.75, 3.05) is 19.1 Å². The Labute approximate surface area is 198 Å². The summed E-state index contributed by atoms with van der Waals surface area (Å²) in [4.78, 5) is 24.9. The highest BCUT2D eigenvalue weighted by Crippen LogP contribution is 2.51. The quantitative estimate of drug-likeness (QED) is 0.315. The standard InChI is InChI=1S/C22H31N6O5P/c1-15(2)32-22(29)17(4)27(5)34(30,33-18-9-7-6-8-10-18)14-31-16(3)11-28-13-26-19-20(23)24-12-25-21(19)28/h6-10,12-13,15-17H,11,14H2,1-5H3,(H2,23,24,25)/t16-,17+,34+/m1/s1. The molecule has 0 aliphatic rings. The van der Waals surface area contributed by atoms with E-state index in [1.54, 1.807) is 63.0 Å². The average molecular weight is 491 g/mol. The Bertz CT molecular complexity index is 1160. The number of ether oxygens (including phenoxy) is 2. The molecule has 184 valence electrons. The Morgan fingerprint density at radius 3 is 2.53 bits per heavy atom. The third-order valence-corrected chi connectivity index (χ3v) is 7.41. The molecule has 2 heterocycles. The Morgan fingerprint density at radius 2 is 1.85 bits per heavy atom. The summed E-state index contributed by atoms with van der Waals surface area (Å²) in [5.74, 6) is 0.206. The van der Waals surface area contributed by atoms with Gasteiger partial charge in [0.15, 0.2) is 11.5 Å². The lowest BCUT2D eigenvalue weighted by Crippen LogP contribution is -2.38. The maximum atomic E-state index is 14.0. The Kier molecular flexibility index (Phi) is 8.24. The summed E-state index contributed by atoms with van der Waals surface area (Å²) in [5.41, 5.74) is 6.93. The highest BCUT2D eigenvalue weighted by molar-refractivity contribution is 7.56. The van der Waals surface area contributed by atoms with Crippen LogP contribution in [0.2, 0.25) is 0 Å². The van der Waals surface area contributed by atoms with Gasteiger partial charge in [-0.15, -0.1) is 0 Å². The van der Waals surface area contributed by atoms with Crippen LogP contribution in [0.5, 0.6) is 5.75 Å². The van der Waals surface area contributed by atoms with E-state index >= 15 is 0 Å². The van der Waals surface area contributed by atoms with Gasteiger partial charge < -0.3 is 24.3 Å². The van der Waals surface area contributed by atoms with Crippen LogP contribution in [-0.4, -0.2) is 61.8 Å². The van der Waals surface area contributed by atoms with Crippen molar-refractivity contribution >= 4 is 30.5 Å². The second kappa shape index (κ2) is 10.9. The fourth-order valence-corrected chi connectivity index (χ4v) is 5.04. The van der Waals surface area contributed by atoms with Crippen LogP contribution >= 0.6 is 7.52 Å². The summed E-state index contributed by atoms with van der Waals surface area (Å²) in [7, 11) is -2.08. The van der Waals surface area contributed by atoms with E-state index in [-0.39, 0.29) is 18.6 Å². The van der Waals surface area contributed by atoms with E-state index in [0.717, 1.165) is 0 Å². The first kappa shape index (κ1) is 25.6. The van der Waals surface area contributed by atoms with E-state index in [4.69, 9.17) is 19.7 Å². The molecule has 0 saturated heterocycles. The molecule has 34 heavy (non-hydrogen) atoms. The molecule has 0 amide bonds. The molecule has 0 bridgehead atoms. The van der Waals surface area contributed by atoms with E-state index < -0.39 is 19.5 Å². The minimum absolute atomic E-state index is 0.247. The second-order valence-corrected chi connectivity index (χ2v) is 10.6. The van der Waals surface area contributed by atoms with E-state index in [1.807, 2.05) is 13.0 Å². The van der Waals surface area contributed by atoms with Crippen LogP contribution in [0.4, 0.5) is 5.82 Å². The average Bonchev–Trinajstić information content (AvgIpc) is 3.21. The maximum absolute atomic E-state index is 14.0. The van der Waals surface area contributed by atoms with E-state index in [0.29, 0.717) is 29.3 Å². The number of nitrogens with two attached hydrogens (primary N) is 1. The van der Waals surface area contributed by atoms with Crippen molar-refractivity contribution in [3.63, 3.8) is 0 Å². The molecular formula is C22H31N6O5P. The fraction of sp³-hybridized carbons (Fsp3) is 0.455. The van der Waals surface area contributed by atoms with Gasteiger partial charge in [-0.1, -0.05) is 18.2 Å². The molecule has 0 saturated carbocycles. The van der Waals surface area contributed by atoms with Crippen LogP contribution in [-0.2, 0) is 25.4 Å². The predicted octanol–water partition coefficient (Wildman–Crippen LogP) is 3.32. The molecule has 1 aromatic carbocycles. The molecule has 0 radical (unpaired) electrons. The van der Waals surface area contributed by atoms with Crippen molar-refractivity contribution in [2.45, 2.75) is 52.5 Å². The first-order valence-corrected chi connectivity index (χ1v) is 12.7. The van der Waals surface area contributed by atoms with Crippen molar-refractivity contribution in [1.82, 2.24) is 24.2 Å². The lowest BCUT2D eigenvalue weighted by atomic mass is 10.3. The molecular weight excluding hydrogens is 459 g/mol. The number of nitrogen functional groups attached to an aromatic ring is 1. The number of likely N-dealkylation sites (N-methyl/N-ethyl adjacent to an activating group) is 1. The van der Waals surface area contributed by atoms with Crippen molar-refractivity contribution in [3.05, 3.63) is 43.0 Å². The smallest absolute Gasteiger partial charge is 0.345 e. The largest absolute Gasteiger partial charge is 0.462 e. The summed E-state index contributed by atoms with van der Waals surface area (Å²) in [6.45, 7) is 7.35. The van der Waals surface area contributed by atoms with Gasteiger partial charge in [0.05, 0.1) is 25.1 Å². The maximum Gasteiger partial charge on any atom is 0.345 e. The van der Waals surface area contributed by atoms with Gasteiger partial charge in [-0.2, -0.15) is 0 Å². The third kappa shape index (κ3) is 6.11. The summed E-state index contributed by atoms with van der Waals surface area (Å²) < 4.78 is 34.3. The van der Waals surface area contributed by atoms with Gasteiger partial charge in [-0.05, 0) is 46.9 Å². The van der Waals surface area contributed by atoms with Crippen LogP contribution in [0, 0.1) is 0 Å². The van der Waals surface area contributed by atoms with Crippen LogP contribution in [0.1, 0.15) is 27.7 Å². The van der Waals surface area contributed by atoms with Gasteiger partial charge >= 0.3 is 13.5 Å². The van der Waals surface area contributed by atoms with E-state index in [9.17, 15) is 9.36 Å². The number of rotatable bonds is 11. The van der Waals surface area contributed by atoms with Crippen molar-refractivity contribution in [1.29, 1.82) is 0 Å². The second-order valence-electron chi connectivity index (χ2n) is 8.21. The van der Waals surface area contributed by atoms with Crippen LogP contribution < -0.4 is 10.3 Å². The molecule has 0 unspecified atom stereocenters. The monoisotopic (exact) mass is 490 g/mol. The molecule has 12 heteroatoms. The van der Waals surface area contributed by atoms with Crippen molar-refractivity contribution in [2.24, 2.45) is 0 Å². The summed E-state index contributed by atoms with van der Waals surface area (Å²) in [6, 6.07) is 7.96. The van der Waals surface area contributed by atoms with Crippen LogP contribution in [0.3, 0.4) is 0 Å². The Morgan fingerprint density at radius 1 is 1.15 bits per heavy atom. The summed E-state index contributed by atoms with van der Waals surface area (Å²) in [5, 5.41) is 0. The number of anilines is 1. The number of carbonyl (C=O) groups is 1. The number of aromatic nitrogens is 4. The van der Waals surface area contributed by atoms with Crippen LogP contribution in [0.15, 0.2) is 43.0 Å². The summed E-state index contributed by atoms with van der Waals surface area (Å²) in [6.07, 6.45) is 2.05. The molecule has 2 aromatic heterocycles. The molecule has 2 N–H and O–H groups in total. The van der Waals surface area contributed by atoms with Gasteiger partial charge in [0.1, 0.15) is 30.0 Å². The number of imidazole rings is 1. The lowest BCUT2D eigenvalue weighted by Gasteiger charge is -2.32. The highest BCUT2D eigenvalue weighted by atomic mass is 31.2. The number of para-hydroxylation sites is 1. The zero-order chi connectivity index (χ0) is 24.9. The first-order valence-electron chi connectivity index (χ1n) is 10.9. The molecule has 0 aliphatic heterocycles. The number of carbonyl (C=O) groups excluding carboxylic acids is 1. The van der Waals surface area contributed by atoms with E-state index in [1.165, 1.54) is 11.0 Å². The minimum atomic E-state index is -3.65. The Hall–Kier alpha value is -3.01. The first-order chi connectivity index (χ1) is 16.1. The van der Waals surface area contributed by atoms with Gasteiger partial charge in [0.25, 0.3) is 0 Å². The van der Waals surface area contributed by atoms with Crippen molar-refractivity contribution in [3.8, 4) is 5.75 Å². The fourth-order valence-electron chi connectivity index (χ4n) is 3.16. The molecule has 3 aromatic rings. The molecule has 0 spiro atoms. The molecule has 3 rings (SSSR count). The van der Waals surface area contributed by atoms with Gasteiger partial charge in [-0.3, -0.25) is 9.36 Å². The third-order valence-electron chi connectivity index (χ3n) is 5.13. The zero-order valence-corrected chi connectivity index (χ0v) is 20.9. The topological polar surface area (TPSA) is 135 Å².